The SMILES string of the molecule is O=C(c1cc(-c2ccccc2)n[nH]1)N1CCN(c2ccccc2O)CC1. The van der Waals surface area contributed by atoms with E-state index in [4.69, 9.17) is 0 Å². The number of aromatic nitrogens is 2. The maximum absolute atomic E-state index is 12.7. The number of nitrogens with zero attached hydrogens (tertiary/aromatic N) is 3. The van der Waals surface area contributed by atoms with Gasteiger partial charge in [0.05, 0.1) is 11.4 Å². The van der Waals surface area contributed by atoms with Crippen LogP contribution in [0.1, 0.15) is 10.5 Å². The first-order valence-electron chi connectivity index (χ1n) is 8.65. The lowest BCUT2D eigenvalue weighted by Crippen LogP contribution is -2.48. The molecule has 6 nitrogen and oxygen atoms in total. The Kier molecular flexibility index (Phi) is 4.31. The maximum atomic E-state index is 12.7. The molecule has 0 atom stereocenters. The summed E-state index contributed by atoms with van der Waals surface area (Å²) in [7, 11) is 0. The van der Waals surface area contributed by atoms with Crippen LogP contribution in [0.25, 0.3) is 11.3 Å². The molecule has 1 aliphatic heterocycles. The minimum atomic E-state index is -0.0448. The maximum Gasteiger partial charge on any atom is 0.272 e. The van der Waals surface area contributed by atoms with Gasteiger partial charge in [0.25, 0.3) is 5.91 Å². The number of phenolic OH excluding ortho intramolecular Hbond substituents is 1. The van der Waals surface area contributed by atoms with E-state index in [1.807, 2.05) is 47.4 Å². The van der Waals surface area contributed by atoms with E-state index in [1.165, 1.54) is 0 Å². The molecular formula is C20H20N4O2. The number of para-hydroxylation sites is 2. The summed E-state index contributed by atoms with van der Waals surface area (Å²) in [5.74, 6) is 0.227. The van der Waals surface area contributed by atoms with Gasteiger partial charge in [-0.25, -0.2) is 0 Å². The number of rotatable bonds is 3. The van der Waals surface area contributed by atoms with E-state index in [2.05, 4.69) is 15.1 Å². The van der Waals surface area contributed by atoms with Gasteiger partial charge >= 0.3 is 0 Å². The highest BCUT2D eigenvalue weighted by molar-refractivity contribution is 5.93. The van der Waals surface area contributed by atoms with Crippen molar-refractivity contribution in [2.75, 3.05) is 31.1 Å². The highest BCUT2D eigenvalue weighted by Crippen LogP contribution is 2.27. The normalized spacial score (nSPS) is 14.5. The number of hydrogen-bond donors (Lipinski definition) is 2. The number of carbonyl (C=O) groups excluding carboxylic acids is 1. The van der Waals surface area contributed by atoms with Gasteiger partial charge in [0.1, 0.15) is 11.4 Å². The number of nitrogens with one attached hydrogen (secondary N) is 1. The average molecular weight is 348 g/mol. The van der Waals surface area contributed by atoms with Crippen molar-refractivity contribution in [1.82, 2.24) is 15.1 Å². The van der Waals surface area contributed by atoms with Crippen LogP contribution in [0, 0.1) is 0 Å². The standard InChI is InChI=1S/C20H20N4O2/c25-19-9-5-4-8-18(19)23-10-12-24(13-11-23)20(26)17-14-16(21-22-17)15-6-2-1-3-7-15/h1-9,14,25H,10-13H2,(H,21,22). The zero-order chi connectivity index (χ0) is 17.9. The number of piperazine rings is 1. The van der Waals surface area contributed by atoms with Crippen LogP contribution in [0.2, 0.25) is 0 Å². The number of aromatic amines is 1. The number of carbonyl (C=O) groups is 1. The molecule has 0 spiro atoms. The van der Waals surface area contributed by atoms with E-state index in [-0.39, 0.29) is 11.7 Å². The van der Waals surface area contributed by atoms with Gasteiger partial charge in [-0.05, 0) is 18.2 Å². The second kappa shape index (κ2) is 6.92. The van der Waals surface area contributed by atoms with Crippen molar-refractivity contribution in [2.45, 2.75) is 0 Å². The zero-order valence-electron chi connectivity index (χ0n) is 14.3. The van der Waals surface area contributed by atoms with Crippen molar-refractivity contribution in [1.29, 1.82) is 0 Å². The highest BCUT2D eigenvalue weighted by Gasteiger charge is 2.24. The molecule has 0 aliphatic carbocycles. The molecule has 132 valence electrons. The van der Waals surface area contributed by atoms with Gasteiger partial charge in [-0.3, -0.25) is 9.89 Å². The van der Waals surface area contributed by atoms with E-state index in [0.29, 0.717) is 31.9 Å². The number of hydrogen-bond acceptors (Lipinski definition) is 4. The van der Waals surface area contributed by atoms with E-state index < -0.39 is 0 Å². The van der Waals surface area contributed by atoms with Crippen LogP contribution in [-0.2, 0) is 0 Å². The molecule has 0 unspecified atom stereocenters. The van der Waals surface area contributed by atoms with Crippen LogP contribution in [-0.4, -0.2) is 52.3 Å². The molecule has 26 heavy (non-hydrogen) atoms. The number of benzene rings is 2. The Balaban J connectivity index is 1.43. The molecule has 2 heterocycles. The summed E-state index contributed by atoms with van der Waals surface area (Å²) < 4.78 is 0. The fourth-order valence-electron chi connectivity index (χ4n) is 3.24. The predicted octanol–water partition coefficient (Wildman–Crippen LogP) is 2.74. The number of phenols is 1. The summed E-state index contributed by atoms with van der Waals surface area (Å²) >= 11 is 0. The van der Waals surface area contributed by atoms with Crippen LogP contribution >= 0.6 is 0 Å². The summed E-state index contributed by atoms with van der Waals surface area (Å²) in [5, 5.41) is 17.1. The van der Waals surface area contributed by atoms with Gasteiger partial charge in [0.15, 0.2) is 0 Å². The third kappa shape index (κ3) is 3.13. The minimum absolute atomic E-state index is 0.0448. The monoisotopic (exact) mass is 348 g/mol. The number of aromatic hydroxyl groups is 1. The third-order valence-electron chi connectivity index (χ3n) is 4.67. The third-order valence-corrected chi connectivity index (χ3v) is 4.67. The fourth-order valence-corrected chi connectivity index (χ4v) is 3.24. The lowest BCUT2D eigenvalue weighted by molar-refractivity contribution is 0.0741. The van der Waals surface area contributed by atoms with Crippen LogP contribution in [0.4, 0.5) is 5.69 Å². The zero-order valence-corrected chi connectivity index (χ0v) is 14.3. The number of anilines is 1. The first kappa shape index (κ1) is 16.2. The first-order valence-corrected chi connectivity index (χ1v) is 8.65. The highest BCUT2D eigenvalue weighted by atomic mass is 16.3. The Morgan fingerprint density at radius 1 is 0.962 bits per heavy atom. The molecule has 1 saturated heterocycles. The van der Waals surface area contributed by atoms with Crippen molar-refractivity contribution in [3.63, 3.8) is 0 Å². The van der Waals surface area contributed by atoms with E-state index in [0.717, 1.165) is 16.9 Å². The van der Waals surface area contributed by atoms with Crippen molar-refractivity contribution >= 4 is 11.6 Å². The smallest absolute Gasteiger partial charge is 0.272 e. The van der Waals surface area contributed by atoms with Gasteiger partial charge in [0.2, 0.25) is 0 Å². The Labute approximate surface area is 151 Å². The van der Waals surface area contributed by atoms with Crippen molar-refractivity contribution in [3.05, 3.63) is 66.4 Å². The molecule has 2 aromatic carbocycles. The Morgan fingerprint density at radius 3 is 2.38 bits per heavy atom. The van der Waals surface area contributed by atoms with Crippen molar-refractivity contribution in [2.24, 2.45) is 0 Å². The van der Waals surface area contributed by atoms with Crippen LogP contribution < -0.4 is 4.90 Å². The molecule has 2 N–H and O–H groups in total. The number of amides is 1. The average Bonchev–Trinajstić information content (AvgIpc) is 3.19. The molecule has 1 aromatic heterocycles. The van der Waals surface area contributed by atoms with Crippen LogP contribution in [0.3, 0.4) is 0 Å². The van der Waals surface area contributed by atoms with Crippen LogP contribution in [0.5, 0.6) is 5.75 Å². The van der Waals surface area contributed by atoms with Gasteiger partial charge < -0.3 is 14.9 Å². The summed E-state index contributed by atoms with van der Waals surface area (Å²) in [6.45, 7) is 2.58. The summed E-state index contributed by atoms with van der Waals surface area (Å²) in [4.78, 5) is 16.7. The Hall–Kier alpha value is -3.28. The van der Waals surface area contributed by atoms with Gasteiger partial charge in [-0.2, -0.15) is 5.10 Å². The fraction of sp³-hybridized carbons (Fsp3) is 0.200. The molecule has 1 aliphatic rings. The molecular weight excluding hydrogens is 328 g/mol. The molecule has 0 radical (unpaired) electrons. The lowest BCUT2D eigenvalue weighted by Gasteiger charge is -2.36. The largest absolute Gasteiger partial charge is 0.506 e. The van der Waals surface area contributed by atoms with E-state index in [9.17, 15) is 9.90 Å². The Bertz CT molecular complexity index is 899. The summed E-state index contributed by atoms with van der Waals surface area (Å²) in [5.41, 5.74) is 3.06. The molecule has 3 aromatic rings. The molecule has 1 amide bonds. The minimum Gasteiger partial charge on any atom is -0.506 e. The van der Waals surface area contributed by atoms with Crippen molar-refractivity contribution < 1.29 is 9.90 Å². The van der Waals surface area contributed by atoms with E-state index in [1.54, 1.807) is 18.2 Å². The second-order valence-corrected chi connectivity index (χ2v) is 6.30. The molecule has 0 saturated carbocycles. The van der Waals surface area contributed by atoms with Gasteiger partial charge in [-0.15, -0.1) is 0 Å². The van der Waals surface area contributed by atoms with Crippen LogP contribution in [0.15, 0.2) is 60.7 Å². The topological polar surface area (TPSA) is 72.5 Å². The van der Waals surface area contributed by atoms with Crippen molar-refractivity contribution in [3.8, 4) is 17.0 Å². The molecule has 4 rings (SSSR count). The predicted molar refractivity (Wildman–Crippen MR) is 100 cm³/mol. The first-order chi connectivity index (χ1) is 12.7. The van der Waals surface area contributed by atoms with E-state index >= 15 is 0 Å². The van der Waals surface area contributed by atoms with Gasteiger partial charge in [-0.1, -0.05) is 42.5 Å². The van der Waals surface area contributed by atoms with Gasteiger partial charge in [0, 0.05) is 31.7 Å². The molecule has 0 bridgehead atoms. The molecule has 1 fully saturated rings. The Morgan fingerprint density at radius 2 is 1.65 bits per heavy atom. The quantitative estimate of drug-likeness (QED) is 0.763. The summed E-state index contributed by atoms with van der Waals surface area (Å²) in [6, 6.07) is 18.9. The lowest BCUT2D eigenvalue weighted by atomic mass is 10.1. The molecule has 6 heteroatoms. The second-order valence-electron chi connectivity index (χ2n) is 6.30. The summed E-state index contributed by atoms with van der Waals surface area (Å²) in [6.07, 6.45) is 0. The number of H-pyrrole nitrogens is 1.